The molecule has 1 unspecified atom stereocenters. The fourth-order valence-electron chi connectivity index (χ4n) is 4.55. The molecule has 0 aromatic carbocycles. The minimum absolute atomic E-state index is 0.0280. The van der Waals surface area contributed by atoms with E-state index in [0.29, 0.717) is 25.7 Å². The lowest BCUT2D eigenvalue weighted by Crippen LogP contribution is -2.40. The van der Waals surface area contributed by atoms with E-state index in [1.165, 1.54) is 33.3 Å². The predicted octanol–water partition coefficient (Wildman–Crippen LogP) is 4.28. The van der Waals surface area contributed by atoms with Gasteiger partial charge in [-0.15, -0.1) is 0 Å². The maximum atomic E-state index is 12.6. The van der Waals surface area contributed by atoms with Crippen molar-refractivity contribution < 1.29 is 28.7 Å². The fraction of sp³-hybridized carbons (Fsp3) is 0.760. The lowest BCUT2D eigenvalue weighted by Gasteiger charge is -2.26. The van der Waals surface area contributed by atoms with Crippen LogP contribution in [0.4, 0.5) is 0 Å². The van der Waals surface area contributed by atoms with Crippen LogP contribution in [0.25, 0.3) is 0 Å². The molecule has 182 valence electrons. The van der Waals surface area contributed by atoms with Gasteiger partial charge in [0.25, 0.3) is 0 Å². The first kappa shape index (κ1) is 27.9. The normalized spacial score (nSPS) is 22.5. The van der Waals surface area contributed by atoms with E-state index in [1.54, 1.807) is 6.92 Å². The molecular weight excluding hydrogens is 410 g/mol. The maximum absolute atomic E-state index is 12.6. The van der Waals surface area contributed by atoms with Gasteiger partial charge in [0.15, 0.2) is 0 Å². The number of hydrogen-bond acceptors (Lipinski definition) is 6. The van der Waals surface area contributed by atoms with Crippen molar-refractivity contribution in [1.29, 1.82) is 0 Å². The number of carbonyl (C=O) groups excluding carboxylic acids is 4. The zero-order chi connectivity index (χ0) is 24.0. The summed E-state index contributed by atoms with van der Waals surface area (Å²) < 4.78 is 9.99. The van der Waals surface area contributed by atoms with Crippen LogP contribution in [0.15, 0.2) is 12.2 Å². The van der Waals surface area contributed by atoms with E-state index >= 15 is 0 Å². The number of methoxy groups -OCH3 is 1. The van der Waals surface area contributed by atoms with Gasteiger partial charge in [0.2, 0.25) is 12.0 Å². The van der Waals surface area contributed by atoms with E-state index in [2.05, 4.69) is 24.4 Å². The number of carbonyl (C=O) groups is 4. The van der Waals surface area contributed by atoms with Gasteiger partial charge in [-0.1, -0.05) is 51.2 Å². The number of ether oxygens (including phenoxy) is 2. The van der Waals surface area contributed by atoms with Gasteiger partial charge in [0.1, 0.15) is 5.78 Å². The molecule has 0 bridgehead atoms. The third-order valence-electron chi connectivity index (χ3n) is 6.28. The molecule has 1 aliphatic carbocycles. The highest BCUT2D eigenvalue weighted by Crippen LogP contribution is 2.34. The first-order chi connectivity index (χ1) is 15.3. The third kappa shape index (κ3) is 9.13. The Morgan fingerprint density at radius 2 is 1.88 bits per heavy atom. The van der Waals surface area contributed by atoms with Gasteiger partial charge in [0.05, 0.1) is 7.11 Å². The number of nitrogens with one attached hydrogen (secondary N) is 1. The number of esters is 2. The molecule has 0 heterocycles. The van der Waals surface area contributed by atoms with Crippen molar-refractivity contribution in [3.05, 3.63) is 12.2 Å². The van der Waals surface area contributed by atoms with Crippen LogP contribution >= 0.6 is 0 Å². The fourth-order valence-corrected chi connectivity index (χ4v) is 4.55. The Morgan fingerprint density at radius 3 is 2.50 bits per heavy atom. The van der Waals surface area contributed by atoms with Crippen LogP contribution in [0.2, 0.25) is 0 Å². The molecule has 0 radical (unpaired) electrons. The number of unbranched alkanes of at least 4 members (excludes halogenated alkanes) is 6. The van der Waals surface area contributed by atoms with Gasteiger partial charge in [-0.25, -0.2) is 4.79 Å². The molecular formula is C25H41NO6. The Kier molecular flexibility index (Phi) is 12.9. The molecule has 0 spiro atoms. The highest BCUT2D eigenvalue weighted by atomic mass is 16.6. The van der Waals surface area contributed by atoms with Crippen molar-refractivity contribution >= 4 is 24.1 Å². The Balaban J connectivity index is 2.58. The largest absolute Gasteiger partial charge is 0.466 e. The summed E-state index contributed by atoms with van der Waals surface area (Å²) in [5, 5.41) is 2.82. The van der Waals surface area contributed by atoms with Crippen molar-refractivity contribution in [3.63, 3.8) is 0 Å². The molecule has 1 N–H and O–H groups in total. The summed E-state index contributed by atoms with van der Waals surface area (Å²) in [4.78, 5) is 47.0. The van der Waals surface area contributed by atoms with Crippen LogP contribution in [0.1, 0.15) is 91.4 Å². The molecule has 1 rings (SSSR count). The smallest absolute Gasteiger partial charge is 0.350 e. The molecule has 32 heavy (non-hydrogen) atoms. The molecule has 1 aliphatic rings. The minimum atomic E-state index is -1.29. The SMILES string of the molecule is CCCCCCC=C[C@H]1[C@H](NC=O)CC(=O)[C@@H]1CCCCCC(C)(OC(C)=O)C(=O)OC. The number of rotatable bonds is 16. The van der Waals surface area contributed by atoms with E-state index in [0.717, 1.165) is 32.1 Å². The topological polar surface area (TPSA) is 98.8 Å². The molecule has 4 atom stereocenters. The van der Waals surface area contributed by atoms with E-state index in [9.17, 15) is 19.2 Å². The van der Waals surface area contributed by atoms with Crippen molar-refractivity contribution in [2.75, 3.05) is 7.11 Å². The summed E-state index contributed by atoms with van der Waals surface area (Å²) in [5.41, 5.74) is -1.29. The van der Waals surface area contributed by atoms with Crippen LogP contribution in [0.5, 0.6) is 0 Å². The van der Waals surface area contributed by atoms with E-state index in [4.69, 9.17) is 9.47 Å². The van der Waals surface area contributed by atoms with Crippen LogP contribution < -0.4 is 5.32 Å². The zero-order valence-corrected chi connectivity index (χ0v) is 20.2. The lowest BCUT2D eigenvalue weighted by atomic mass is 9.87. The average Bonchev–Trinajstić information content (AvgIpc) is 3.03. The molecule has 1 saturated carbocycles. The number of ketones is 1. The molecule has 1 amide bonds. The van der Waals surface area contributed by atoms with Crippen molar-refractivity contribution in [3.8, 4) is 0 Å². The molecule has 0 aromatic rings. The van der Waals surface area contributed by atoms with Crippen LogP contribution in [-0.2, 0) is 28.7 Å². The second-order valence-electron chi connectivity index (χ2n) is 8.94. The summed E-state index contributed by atoms with van der Waals surface area (Å²) in [5.74, 6) is -0.956. The Labute approximate surface area is 192 Å². The molecule has 0 aliphatic heterocycles. The summed E-state index contributed by atoms with van der Waals surface area (Å²) >= 11 is 0. The average molecular weight is 452 g/mol. The zero-order valence-electron chi connectivity index (χ0n) is 20.2. The molecule has 0 aromatic heterocycles. The first-order valence-electron chi connectivity index (χ1n) is 12.0. The summed E-state index contributed by atoms with van der Waals surface area (Å²) in [6.45, 7) is 5.03. The second-order valence-corrected chi connectivity index (χ2v) is 8.94. The Morgan fingerprint density at radius 1 is 1.16 bits per heavy atom. The number of amides is 1. The molecule has 7 heteroatoms. The van der Waals surface area contributed by atoms with Crippen molar-refractivity contribution in [1.82, 2.24) is 5.32 Å². The molecule has 0 saturated heterocycles. The quantitative estimate of drug-likeness (QED) is 0.163. The third-order valence-corrected chi connectivity index (χ3v) is 6.28. The lowest BCUT2D eigenvalue weighted by molar-refractivity contribution is -0.178. The van der Waals surface area contributed by atoms with Gasteiger partial charge >= 0.3 is 11.9 Å². The van der Waals surface area contributed by atoms with Gasteiger partial charge in [-0.05, 0) is 39.0 Å². The number of allylic oxidation sites excluding steroid dienone is 1. The van der Waals surface area contributed by atoms with Gasteiger partial charge in [0, 0.05) is 31.2 Å². The van der Waals surface area contributed by atoms with Gasteiger partial charge < -0.3 is 14.8 Å². The standard InChI is InChI=1S/C25H41NO6/c1-5-6-7-8-9-11-14-20-21(23(29)17-22(20)26-18-27)15-12-10-13-16-25(3,24(30)31-4)32-19(2)28/h11,14,18,20-22H,5-10,12-13,15-17H2,1-4H3,(H,26,27)/t20-,21-,22-,25?/m1/s1. The number of Topliss-reactive ketones (excluding diaryl/α,β-unsaturated/α-hetero) is 1. The number of hydrogen-bond donors (Lipinski definition) is 1. The Bertz CT molecular complexity index is 646. The summed E-state index contributed by atoms with van der Waals surface area (Å²) in [7, 11) is 1.27. The van der Waals surface area contributed by atoms with Crippen LogP contribution in [-0.4, -0.2) is 42.9 Å². The molecule has 7 nitrogen and oxygen atoms in total. The maximum Gasteiger partial charge on any atom is 0.350 e. The van der Waals surface area contributed by atoms with Crippen LogP contribution in [0, 0.1) is 11.8 Å². The van der Waals surface area contributed by atoms with E-state index in [1.807, 2.05) is 0 Å². The second kappa shape index (κ2) is 14.8. The van der Waals surface area contributed by atoms with Gasteiger partial charge in [-0.3, -0.25) is 14.4 Å². The van der Waals surface area contributed by atoms with Gasteiger partial charge in [-0.2, -0.15) is 0 Å². The van der Waals surface area contributed by atoms with E-state index < -0.39 is 17.5 Å². The van der Waals surface area contributed by atoms with E-state index in [-0.39, 0.29) is 23.7 Å². The molecule has 1 fully saturated rings. The predicted molar refractivity (Wildman–Crippen MR) is 123 cm³/mol. The van der Waals surface area contributed by atoms with Crippen LogP contribution in [0.3, 0.4) is 0 Å². The first-order valence-corrected chi connectivity index (χ1v) is 12.0. The minimum Gasteiger partial charge on any atom is -0.466 e. The summed E-state index contributed by atoms with van der Waals surface area (Å²) in [6, 6.07) is -0.136. The Hall–Kier alpha value is -2.18. The highest BCUT2D eigenvalue weighted by Gasteiger charge is 2.40. The summed E-state index contributed by atoms with van der Waals surface area (Å²) in [6.07, 6.45) is 14.5. The highest BCUT2D eigenvalue weighted by molar-refractivity contribution is 5.85. The van der Waals surface area contributed by atoms with Crippen molar-refractivity contribution in [2.45, 2.75) is 103 Å². The van der Waals surface area contributed by atoms with Crippen molar-refractivity contribution in [2.24, 2.45) is 11.8 Å². The monoisotopic (exact) mass is 451 g/mol.